The predicted octanol–water partition coefficient (Wildman–Crippen LogP) is 0.642. The van der Waals surface area contributed by atoms with Gasteiger partial charge in [-0.05, 0) is 19.1 Å². The van der Waals surface area contributed by atoms with E-state index in [0.717, 1.165) is 5.56 Å². The fraction of sp³-hybridized carbons (Fsp3) is 0.417. The number of hydrogen-bond acceptors (Lipinski definition) is 3. The summed E-state index contributed by atoms with van der Waals surface area (Å²) in [6.45, 7) is 3.33. The maximum atomic E-state index is 12.0. The number of aliphatic hydroxyl groups is 1. The van der Waals surface area contributed by atoms with Crippen LogP contribution in [-0.4, -0.2) is 35.6 Å². The highest BCUT2D eigenvalue weighted by Gasteiger charge is 2.31. The zero-order chi connectivity index (χ0) is 11.7. The van der Waals surface area contributed by atoms with Gasteiger partial charge in [0.1, 0.15) is 0 Å². The summed E-state index contributed by atoms with van der Waals surface area (Å²) < 4.78 is 0. The van der Waals surface area contributed by atoms with E-state index in [9.17, 15) is 4.79 Å². The molecular formula is C12H16N2O2. The van der Waals surface area contributed by atoms with Crippen LogP contribution in [0.1, 0.15) is 15.9 Å². The zero-order valence-corrected chi connectivity index (χ0v) is 9.31. The fourth-order valence-corrected chi connectivity index (χ4v) is 1.88. The number of nitrogens with zero attached hydrogens (tertiary/aromatic N) is 1. The van der Waals surface area contributed by atoms with Crippen LogP contribution in [-0.2, 0) is 0 Å². The molecule has 1 amide bonds. The molecule has 0 aromatic heterocycles. The van der Waals surface area contributed by atoms with Crippen molar-refractivity contribution in [2.75, 3.05) is 25.4 Å². The molecule has 0 atom stereocenters. The van der Waals surface area contributed by atoms with Gasteiger partial charge in [0.2, 0.25) is 0 Å². The Morgan fingerprint density at radius 3 is 2.88 bits per heavy atom. The molecular weight excluding hydrogens is 204 g/mol. The van der Waals surface area contributed by atoms with E-state index >= 15 is 0 Å². The number of amides is 1. The number of likely N-dealkylation sites (tertiary alicyclic amines) is 1. The van der Waals surface area contributed by atoms with E-state index in [-0.39, 0.29) is 18.4 Å². The number of aliphatic hydroxyl groups excluding tert-OH is 1. The molecule has 1 fully saturated rings. The van der Waals surface area contributed by atoms with Gasteiger partial charge in [-0.25, -0.2) is 0 Å². The first-order valence-corrected chi connectivity index (χ1v) is 5.38. The highest BCUT2D eigenvalue weighted by Crippen LogP contribution is 2.22. The SMILES string of the molecule is Cc1ccc(N)c(C(=O)N2CC(CO)C2)c1. The number of anilines is 1. The quantitative estimate of drug-likeness (QED) is 0.719. The number of nitrogen functional groups attached to an aromatic ring is 1. The minimum atomic E-state index is -0.0362. The van der Waals surface area contributed by atoms with Crippen molar-refractivity contribution in [3.63, 3.8) is 0 Å². The molecule has 0 radical (unpaired) electrons. The molecule has 1 aliphatic rings. The van der Waals surface area contributed by atoms with Crippen molar-refractivity contribution in [2.24, 2.45) is 5.92 Å². The average Bonchev–Trinajstić information content (AvgIpc) is 2.20. The summed E-state index contributed by atoms with van der Waals surface area (Å²) in [6.07, 6.45) is 0. The normalized spacial score (nSPS) is 16.0. The van der Waals surface area contributed by atoms with Crippen LogP contribution in [0, 0.1) is 12.8 Å². The number of nitrogens with two attached hydrogens (primary N) is 1. The van der Waals surface area contributed by atoms with Crippen LogP contribution in [0.3, 0.4) is 0 Å². The van der Waals surface area contributed by atoms with Crippen molar-refractivity contribution in [1.82, 2.24) is 4.90 Å². The van der Waals surface area contributed by atoms with E-state index in [0.29, 0.717) is 24.3 Å². The first-order valence-electron chi connectivity index (χ1n) is 5.38. The minimum Gasteiger partial charge on any atom is -0.398 e. The monoisotopic (exact) mass is 220 g/mol. The summed E-state index contributed by atoms with van der Waals surface area (Å²) in [6, 6.07) is 5.45. The Morgan fingerprint density at radius 2 is 2.25 bits per heavy atom. The summed E-state index contributed by atoms with van der Waals surface area (Å²) in [5.74, 6) is 0.195. The van der Waals surface area contributed by atoms with Crippen LogP contribution in [0.15, 0.2) is 18.2 Å². The lowest BCUT2D eigenvalue weighted by molar-refractivity contribution is 0.0363. The van der Waals surface area contributed by atoms with Gasteiger partial charge in [-0.15, -0.1) is 0 Å². The van der Waals surface area contributed by atoms with Crippen molar-refractivity contribution < 1.29 is 9.90 Å². The molecule has 86 valence electrons. The van der Waals surface area contributed by atoms with E-state index < -0.39 is 0 Å². The van der Waals surface area contributed by atoms with Crippen LogP contribution >= 0.6 is 0 Å². The van der Waals surface area contributed by atoms with E-state index in [2.05, 4.69) is 0 Å². The smallest absolute Gasteiger partial charge is 0.255 e. The predicted molar refractivity (Wildman–Crippen MR) is 62.1 cm³/mol. The van der Waals surface area contributed by atoms with Crippen LogP contribution in [0.2, 0.25) is 0 Å². The Kier molecular flexibility index (Phi) is 2.83. The van der Waals surface area contributed by atoms with E-state index in [1.165, 1.54) is 0 Å². The van der Waals surface area contributed by atoms with Gasteiger partial charge in [-0.1, -0.05) is 11.6 Å². The van der Waals surface area contributed by atoms with Gasteiger partial charge in [0.15, 0.2) is 0 Å². The molecule has 1 heterocycles. The molecule has 16 heavy (non-hydrogen) atoms. The molecule has 4 heteroatoms. The Bertz CT molecular complexity index is 411. The first-order chi connectivity index (χ1) is 7.61. The maximum absolute atomic E-state index is 12.0. The topological polar surface area (TPSA) is 66.6 Å². The largest absolute Gasteiger partial charge is 0.398 e. The summed E-state index contributed by atoms with van der Waals surface area (Å²) >= 11 is 0. The standard InChI is InChI=1S/C12H16N2O2/c1-8-2-3-11(13)10(4-8)12(16)14-5-9(6-14)7-15/h2-4,9,15H,5-7,13H2,1H3. The Hall–Kier alpha value is -1.55. The van der Waals surface area contributed by atoms with Gasteiger partial charge in [0.05, 0.1) is 5.56 Å². The number of carbonyl (C=O) groups excluding carboxylic acids is 1. The lowest BCUT2D eigenvalue weighted by atomic mass is 9.99. The van der Waals surface area contributed by atoms with Gasteiger partial charge in [-0.2, -0.15) is 0 Å². The van der Waals surface area contributed by atoms with Crippen LogP contribution in [0.25, 0.3) is 0 Å². The molecule has 0 bridgehead atoms. The summed E-state index contributed by atoms with van der Waals surface area (Å²) in [7, 11) is 0. The third kappa shape index (κ3) is 1.88. The molecule has 0 spiro atoms. The minimum absolute atomic E-state index is 0.0362. The molecule has 1 aromatic rings. The van der Waals surface area contributed by atoms with Crippen molar-refractivity contribution in [3.05, 3.63) is 29.3 Å². The van der Waals surface area contributed by atoms with Gasteiger partial charge < -0.3 is 15.7 Å². The van der Waals surface area contributed by atoms with Crippen molar-refractivity contribution in [3.8, 4) is 0 Å². The van der Waals surface area contributed by atoms with Gasteiger partial charge >= 0.3 is 0 Å². The molecule has 0 unspecified atom stereocenters. The van der Waals surface area contributed by atoms with Crippen LogP contribution in [0.4, 0.5) is 5.69 Å². The Morgan fingerprint density at radius 1 is 1.56 bits per heavy atom. The number of aryl methyl sites for hydroxylation is 1. The number of carbonyl (C=O) groups is 1. The van der Waals surface area contributed by atoms with Gasteiger partial charge in [0.25, 0.3) is 5.91 Å². The number of rotatable bonds is 2. The highest BCUT2D eigenvalue weighted by molar-refractivity contribution is 5.99. The van der Waals surface area contributed by atoms with Crippen LogP contribution in [0.5, 0.6) is 0 Å². The van der Waals surface area contributed by atoms with E-state index in [1.807, 2.05) is 19.1 Å². The molecule has 0 aliphatic carbocycles. The Balaban J connectivity index is 2.13. The van der Waals surface area contributed by atoms with Crippen molar-refractivity contribution in [2.45, 2.75) is 6.92 Å². The van der Waals surface area contributed by atoms with Gasteiger partial charge in [0, 0.05) is 31.3 Å². The van der Waals surface area contributed by atoms with Crippen LogP contribution < -0.4 is 5.73 Å². The molecule has 4 nitrogen and oxygen atoms in total. The molecule has 1 saturated heterocycles. The fourth-order valence-electron chi connectivity index (χ4n) is 1.88. The second-order valence-electron chi connectivity index (χ2n) is 4.35. The highest BCUT2D eigenvalue weighted by atomic mass is 16.3. The second kappa shape index (κ2) is 4.14. The van der Waals surface area contributed by atoms with E-state index in [4.69, 9.17) is 10.8 Å². The second-order valence-corrected chi connectivity index (χ2v) is 4.35. The summed E-state index contributed by atoms with van der Waals surface area (Å²) in [5.41, 5.74) is 7.88. The maximum Gasteiger partial charge on any atom is 0.255 e. The van der Waals surface area contributed by atoms with Crippen molar-refractivity contribution in [1.29, 1.82) is 0 Å². The van der Waals surface area contributed by atoms with Crippen molar-refractivity contribution >= 4 is 11.6 Å². The molecule has 1 aromatic carbocycles. The molecule has 1 aliphatic heterocycles. The third-order valence-electron chi connectivity index (χ3n) is 2.94. The lowest BCUT2D eigenvalue weighted by Gasteiger charge is -2.38. The zero-order valence-electron chi connectivity index (χ0n) is 9.31. The third-order valence-corrected chi connectivity index (χ3v) is 2.94. The average molecular weight is 220 g/mol. The summed E-state index contributed by atoms with van der Waals surface area (Å²) in [5, 5.41) is 8.89. The molecule has 3 N–H and O–H groups in total. The molecule has 2 rings (SSSR count). The van der Waals surface area contributed by atoms with Gasteiger partial charge in [-0.3, -0.25) is 4.79 Å². The summed E-state index contributed by atoms with van der Waals surface area (Å²) in [4.78, 5) is 13.7. The molecule has 0 saturated carbocycles. The van der Waals surface area contributed by atoms with E-state index in [1.54, 1.807) is 11.0 Å². The lowest BCUT2D eigenvalue weighted by Crippen LogP contribution is -2.51. The number of benzene rings is 1. The Labute approximate surface area is 94.7 Å². The number of hydrogen-bond donors (Lipinski definition) is 2. The first kappa shape index (κ1) is 11.0.